The van der Waals surface area contributed by atoms with Crippen molar-refractivity contribution in [2.24, 2.45) is 5.73 Å². The van der Waals surface area contributed by atoms with Crippen LogP contribution in [-0.2, 0) is 4.79 Å². The van der Waals surface area contributed by atoms with Gasteiger partial charge in [-0.05, 0) is 30.7 Å². The van der Waals surface area contributed by atoms with E-state index >= 15 is 0 Å². The van der Waals surface area contributed by atoms with E-state index in [9.17, 15) is 9.59 Å². The fourth-order valence-electron chi connectivity index (χ4n) is 2.20. The molecule has 0 fully saturated rings. The van der Waals surface area contributed by atoms with Gasteiger partial charge >= 0.3 is 6.03 Å². The Balaban J connectivity index is 2.11. The highest BCUT2D eigenvalue weighted by Crippen LogP contribution is 2.25. The number of carbonyl (C=O) groups excluding carboxylic acids is 2. The lowest BCUT2D eigenvalue weighted by atomic mass is 10.0. The van der Waals surface area contributed by atoms with Crippen molar-refractivity contribution in [2.45, 2.75) is 19.4 Å². The molecule has 0 aliphatic rings. The van der Waals surface area contributed by atoms with Crippen molar-refractivity contribution in [1.29, 1.82) is 0 Å². The average Bonchev–Trinajstić information content (AvgIpc) is 2.49. The van der Waals surface area contributed by atoms with Gasteiger partial charge in [0.1, 0.15) is 0 Å². The van der Waals surface area contributed by atoms with Crippen molar-refractivity contribution in [3.05, 3.63) is 64.7 Å². The van der Waals surface area contributed by atoms with Crippen LogP contribution in [0.3, 0.4) is 0 Å². The second-order valence-corrected chi connectivity index (χ2v) is 5.61. The molecule has 6 heteroatoms. The summed E-state index contributed by atoms with van der Waals surface area (Å²) in [4.78, 5) is 23.4. The Bertz CT molecular complexity index is 701. The Morgan fingerprint density at radius 2 is 1.78 bits per heavy atom. The summed E-state index contributed by atoms with van der Waals surface area (Å²) in [5.41, 5.74) is 7.64. The zero-order valence-electron chi connectivity index (χ0n) is 12.7. The molecule has 0 heterocycles. The second kappa shape index (κ2) is 7.65. The molecule has 4 N–H and O–H groups in total. The lowest BCUT2D eigenvalue weighted by molar-refractivity contribution is -0.116. The van der Waals surface area contributed by atoms with Gasteiger partial charge in [0.25, 0.3) is 0 Å². The van der Waals surface area contributed by atoms with Gasteiger partial charge in [0.15, 0.2) is 0 Å². The number of aryl methyl sites for hydroxylation is 1. The SMILES string of the molecule is Cc1ccc(NC(=O)C[C@@H](NC(N)=O)c2ccccc2Cl)cc1. The fourth-order valence-corrected chi connectivity index (χ4v) is 2.47. The topological polar surface area (TPSA) is 84.2 Å². The molecular formula is C17H18ClN3O2. The van der Waals surface area contributed by atoms with E-state index in [-0.39, 0.29) is 12.3 Å². The summed E-state index contributed by atoms with van der Waals surface area (Å²) in [5.74, 6) is -0.243. The molecule has 0 aromatic heterocycles. The van der Waals surface area contributed by atoms with Gasteiger partial charge < -0.3 is 16.4 Å². The summed E-state index contributed by atoms with van der Waals surface area (Å²) in [5, 5.41) is 5.81. The highest BCUT2D eigenvalue weighted by Gasteiger charge is 2.19. The van der Waals surface area contributed by atoms with Crippen LogP contribution in [-0.4, -0.2) is 11.9 Å². The Labute approximate surface area is 139 Å². The maximum absolute atomic E-state index is 12.2. The molecule has 23 heavy (non-hydrogen) atoms. The van der Waals surface area contributed by atoms with Gasteiger partial charge in [-0.25, -0.2) is 4.79 Å². The summed E-state index contributed by atoms with van der Waals surface area (Å²) < 4.78 is 0. The van der Waals surface area contributed by atoms with Crippen molar-refractivity contribution >= 4 is 29.2 Å². The molecule has 0 bridgehead atoms. The number of hydrogen-bond donors (Lipinski definition) is 3. The van der Waals surface area contributed by atoms with Crippen LogP contribution in [0.4, 0.5) is 10.5 Å². The van der Waals surface area contributed by atoms with Gasteiger partial charge in [0.2, 0.25) is 5.91 Å². The predicted octanol–water partition coefficient (Wildman–Crippen LogP) is 3.39. The number of hydrogen-bond acceptors (Lipinski definition) is 2. The molecule has 0 aliphatic carbocycles. The number of rotatable bonds is 5. The number of urea groups is 1. The summed E-state index contributed by atoms with van der Waals surface area (Å²) >= 11 is 6.14. The first kappa shape index (κ1) is 16.8. The monoisotopic (exact) mass is 331 g/mol. The van der Waals surface area contributed by atoms with E-state index in [1.165, 1.54) is 0 Å². The molecule has 3 amide bonds. The van der Waals surface area contributed by atoms with Crippen LogP contribution in [0.15, 0.2) is 48.5 Å². The van der Waals surface area contributed by atoms with E-state index in [1.54, 1.807) is 24.3 Å². The van der Waals surface area contributed by atoms with Crippen molar-refractivity contribution < 1.29 is 9.59 Å². The van der Waals surface area contributed by atoms with Gasteiger partial charge in [-0.3, -0.25) is 4.79 Å². The third-order valence-electron chi connectivity index (χ3n) is 3.32. The molecule has 0 spiro atoms. The lowest BCUT2D eigenvalue weighted by Crippen LogP contribution is -2.35. The molecule has 2 aromatic rings. The van der Waals surface area contributed by atoms with Gasteiger partial charge in [-0.1, -0.05) is 47.5 Å². The molecule has 0 saturated heterocycles. The largest absolute Gasteiger partial charge is 0.352 e. The van der Waals surface area contributed by atoms with Crippen LogP contribution in [0.1, 0.15) is 23.6 Å². The molecule has 2 rings (SSSR count). The molecule has 0 radical (unpaired) electrons. The number of amides is 3. The number of carbonyl (C=O) groups is 2. The maximum Gasteiger partial charge on any atom is 0.312 e. The van der Waals surface area contributed by atoms with E-state index < -0.39 is 12.1 Å². The lowest BCUT2D eigenvalue weighted by Gasteiger charge is -2.19. The van der Waals surface area contributed by atoms with Crippen LogP contribution in [0.5, 0.6) is 0 Å². The second-order valence-electron chi connectivity index (χ2n) is 5.20. The van der Waals surface area contributed by atoms with E-state index in [0.29, 0.717) is 16.3 Å². The molecule has 120 valence electrons. The van der Waals surface area contributed by atoms with Crippen LogP contribution in [0.25, 0.3) is 0 Å². The molecule has 5 nitrogen and oxygen atoms in total. The van der Waals surface area contributed by atoms with Gasteiger partial charge in [-0.2, -0.15) is 0 Å². The van der Waals surface area contributed by atoms with Gasteiger partial charge in [0, 0.05) is 10.7 Å². The van der Waals surface area contributed by atoms with Crippen LogP contribution < -0.4 is 16.4 Å². The summed E-state index contributed by atoms with van der Waals surface area (Å²) in [6.07, 6.45) is 0.0283. The van der Waals surface area contributed by atoms with Crippen LogP contribution in [0, 0.1) is 6.92 Å². The van der Waals surface area contributed by atoms with E-state index in [4.69, 9.17) is 17.3 Å². The standard InChI is InChI=1S/C17H18ClN3O2/c1-11-6-8-12(9-7-11)20-16(22)10-15(21-17(19)23)13-4-2-3-5-14(13)18/h2-9,15H,10H2,1H3,(H,20,22)(H3,19,21,23)/t15-/m1/s1. The summed E-state index contributed by atoms with van der Waals surface area (Å²) in [6.45, 7) is 1.97. The van der Waals surface area contributed by atoms with Crippen molar-refractivity contribution in [3.8, 4) is 0 Å². The third-order valence-corrected chi connectivity index (χ3v) is 3.67. The molecule has 0 saturated carbocycles. The number of nitrogens with two attached hydrogens (primary N) is 1. The molecule has 2 aromatic carbocycles. The minimum absolute atomic E-state index is 0.0283. The Morgan fingerprint density at radius 3 is 2.39 bits per heavy atom. The number of primary amides is 1. The van der Waals surface area contributed by atoms with Crippen molar-refractivity contribution in [3.63, 3.8) is 0 Å². The van der Waals surface area contributed by atoms with E-state index in [0.717, 1.165) is 5.56 Å². The first-order valence-corrected chi connectivity index (χ1v) is 7.50. The highest BCUT2D eigenvalue weighted by atomic mass is 35.5. The van der Waals surface area contributed by atoms with Gasteiger partial charge in [-0.15, -0.1) is 0 Å². The van der Waals surface area contributed by atoms with E-state index in [1.807, 2.05) is 31.2 Å². The number of nitrogens with one attached hydrogen (secondary N) is 2. The minimum Gasteiger partial charge on any atom is -0.352 e. The number of anilines is 1. The zero-order valence-corrected chi connectivity index (χ0v) is 13.4. The summed E-state index contributed by atoms with van der Waals surface area (Å²) in [7, 11) is 0. The first-order valence-electron chi connectivity index (χ1n) is 7.12. The fraction of sp³-hybridized carbons (Fsp3) is 0.176. The molecule has 0 aliphatic heterocycles. The van der Waals surface area contributed by atoms with E-state index in [2.05, 4.69) is 10.6 Å². The highest BCUT2D eigenvalue weighted by molar-refractivity contribution is 6.31. The first-order chi connectivity index (χ1) is 11.0. The predicted molar refractivity (Wildman–Crippen MR) is 91.3 cm³/mol. The number of halogens is 1. The Hall–Kier alpha value is -2.53. The van der Waals surface area contributed by atoms with Crippen molar-refractivity contribution in [2.75, 3.05) is 5.32 Å². The quantitative estimate of drug-likeness (QED) is 0.784. The minimum atomic E-state index is -0.710. The third kappa shape index (κ3) is 5.00. The summed E-state index contributed by atoms with van der Waals surface area (Å²) in [6, 6.07) is 13.2. The van der Waals surface area contributed by atoms with Crippen LogP contribution in [0.2, 0.25) is 5.02 Å². The molecular weight excluding hydrogens is 314 g/mol. The Morgan fingerprint density at radius 1 is 1.13 bits per heavy atom. The van der Waals surface area contributed by atoms with Crippen LogP contribution >= 0.6 is 11.6 Å². The Kier molecular flexibility index (Phi) is 5.60. The molecule has 1 atom stereocenters. The van der Waals surface area contributed by atoms with Gasteiger partial charge in [0.05, 0.1) is 12.5 Å². The smallest absolute Gasteiger partial charge is 0.312 e. The maximum atomic E-state index is 12.2. The average molecular weight is 332 g/mol. The normalized spacial score (nSPS) is 11.6. The van der Waals surface area contributed by atoms with Crippen molar-refractivity contribution in [1.82, 2.24) is 5.32 Å². The molecule has 0 unspecified atom stereocenters. The zero-order chi connectivity index (χ0) is 16.8. The number of benzene rings is 2.